The Morgan fingerprint density at radius 3 is 2.62 bits per heavy atom. The molecule has 1 aromatic heterocycles. The van der Waals surface area contributed by atoms with Crippen molar-refractivity contribution in [2.24, 2.45) is 5.73 Å². The third kappa shape index (κ3) is 2.83. The van der Waals surface area contributed by atoms with Gasteiger partial charge < -0.3 is 5.73 Å². The number of aryl methyl sites for hydroxylation is 1. The minimum Gasteiger partial charge on any atom is -0.318 e. The molecule has 0 aliphatic carbocycles. The zero-order chi connectivity index (χ0) is 14.8. The summed E-state index contributed by atoms with van der Waals surface area (Å²) in [7, 11) is 0. The van der Waals surface area contributed by atoms with Crippen molar-refractivity contribution >= 4 is 0 Å². The first kappa shape index (κ1) is 13.5. The molecule has 3 aromatic rings. The first-order valence-corrected chi connectivity index (χ1v) is 6.64. The Balaban J connectivity index is 1.89. The van der Waals surface area contributed by atoms with Gasteiger partial charge >= 0.3 is 0 Å². The molecule has 0 aliphatic heterocycles. The van der Waals surface area contributed by atoms with Gasteiger partial charge in [-0.25, -0.2) is 9.37 Å². The lowest BCUT2D eigenvalue weighted by Crippen LogP contribution is -2.13. The van der Waals surface area contributed by atoms with Crippen LogP contribution in [0.2, 0.25) is 0 Å². The molecule has 3 N–H and O–H groups in total. The molecule has 1 heterocycles. The van der Waals surface area contributed by atoms with Crippen molar-refractivity contribution in [1.29, 1.82) is 0 Å². The van der Waals surface area contributed by atoms with Crippen LogP contribution in [0.5, 0.6) is 0 Å². The van der Waals surface area contributed by atoms with E-state index in [0.29, 0.717) is 11.6 Å². The maximum atomic E-state index is 12.9. The molecule has 0 amide bonds. The van der Waals surface area contributed by atoms with Gasteiger partial charge in [0.15, 0.2) is 5.82 Å². The van der Waals surface area contributed by atoms with Crippen LogP contribution in [0.15, 0.2) is 48.5 Å². The standard InChI is InChI=1S/C16H15FN4/c1-10-3-2-4-12(9-10)15-19-16(21-20-15)14(18)11-5-7-13(17)8-6-11/h2-9,14H,18H2,1H3,(H,19,20,21)/t14-/m1/s1. The number of hydrogen-bond acceptors (Lipinski definition) is 3. The van der Waals surface area contributed by atoms with Gasteiger partial charge in [-0.15, -0.1) is 0 Å². The van der Waals surface area contributed by atoms with E-state index in [4.69, 9.17) is 5.73 Å². The van der Waals surface area contributed by atoms with E-state index in [2.05, 4.69) is 15.2 Å². The summed E-state index contributed by atoms with van der Waals surface area (Å²) in [6.45, 7) is 2.02. The predicted molar refractivity (Wildman–Crippen MR) is 79.0 cm³/mol. The zero-order valence-corrected chi connectivity index (χ0v) is 11.5. The van der Waals surface area contributed by atoms with Crippen LogP contribution in [0.4, 0.5) is 4.39 Å². The molecule has 106 valence electrons. The van der Waals surface area contributed by atoms with Gasteiger partial charge in [0, 0.05) is 5.56 Å². The van der Waals surface area contributed by atoms with Crippen LogP contribution in [0, 0.1) is 12.7 Å². The molecule has 3 rings (SSSR count). The summed E-state index contributed by atoms with van der Waals surface area (Å²) >= 11 is 0. The molecule has 4 nitrogen and oxygen atoms in total. The molecular formula is C16H15FN4. The van der Waals surface area contributed by atoms with Crippen molar-refractivity contribution in [2.75, 3.05) is 0 Å². The quantitative estimate of drug-likeness (QED) is 0.776. The number of nitrogens with one attached hydrogen (secondary N) is 1. The van der Waals surface area contributed by atoms with Crippen LogP contribution in [0.3, 0.4) is 0 Å². The van der Waals surface area contributed by atoms with Crippen molar-refractivity contribution in [1.82, 2.24) is 15.2 Å². The Morgan fingerprint density at radius 2 is 1.90 bits per heavy atom. The summed E-state index contributed by atoms with van der Waals surface area (Å²) in [5, 5.41) is 7.06. The number of hydrogen-bond donors (Lipinski definition) is 2. The highest BCUT2D eigenvalue weighted by molar-refractivity contribution is 5.55. The fraction of sp³-hybridized carbons (Fsp3) is 0.125. The molecule has 0 fully saturated rings. The lowest BCUT2D eigenvalue weighted by atomic mass is 10.1. The first-order chi connectivity index (χ1) is 10.1. The normalized spacial score (nSPS) is 12.3. The van der Waals surface area contributed by atoms with E-state index in [1.165, 1.54) is 12.1 Å². The summed E-state index contributed by atoms with van der Waals surface area (Å²) in [5.74, 6) is 0.869. The number of aromatic amines is 1. The number of benzene rings is 2. The highest BCUT2D eigenvalue weighted by Gasteiger charge is 2.14. The molecule has 0 unspecified atom stereocenters. The minimum atomic E-state index is -0.461. The summed E-state index contributed by atoms with van der Waals surface area (Å²) < 4.78 is 12.9. The molecule has 21 heavy (non-hydrogen) atoms. The van der Waals surface area contributed by atoms with Gasteiger partial charge in [0.1, 0.15) is 11.6 Å². The third-order valence-electron chi connectivity index (χ3n) is 3.30. The lowest BCUT2D eigenvalue weighted by molar-refractivity contribution is 0.626. The van der Waals surface area contributed by atoms with Crippen LogP contribution in [0.1, 0.15) is 23.0 Å². The van der Waals surface area contributed by atoms with Crippen molar-refractivity contribution in [3.05, 3.63) is 71.3 Å². The van der Waals surface area contributed by atoms with Gasteiger partial charge in [-0.1, -0.05) is 35.9 Å². The maximum Gasteiger partial charge on any atom is 0.181 e. The molecule has 1 atom stereocenters. The van der Waals surface area contributed by atoms with E-state index in [-0.39, 0.29) is 5.82 Å². The second-order valence-corrected chi connectivity index (χ2v) is 4.94. The zero-order valence-electron chi connectivity index (χ0n) is 11.5. The number of H-pyrrole nitrogens is 1. The van der Waals surface area contributed by atoms with Gasteiger partial charge in [-0.3, -0.25) is 5.10 Å². The van der Waals surface area contributed by atoms with E-state index in [9.17, 15) is 4.39 Å². The number of aromatic nitrogens is 3. The average Bonchev–Trinajstić information content (AvgIpc) is 2.97. The fourth-order valence-electron chi connectivity index (χ4n) is 2.15. The summed E-state index contributed by atoms with van der Waals surface area (Å²) in [4.78, 5) is 4.43. The van der Waals surface area contributed by atoms with E-state index < -0.39 is 6.04 Å². The number of nitrogens with zero attached hydrogens (tertiary/aromatic N) is 2. The Morgan fingerprint density at radius 1 is 1.14 bits per heavy atom. The predicted octanol–water partition coefficient (Wildman–Crippen LogP) is 2.97. The maximum absolute atomic E-state index is 12.9. The van der Waals surface area contributed by atoms with Gasteiger partial charge in [0.05, 0.1) is 6.04 Å². The minimum absolute atomic E-state index is 0.288. The van der Waals surface area contributed by atoms with Gasteiger partial charge in [0.2, 0.25) is 0 Å². The van der Waals surface area contributed by atoms with Crippen LogP contribution in [-0.4, -0.2) is 15.2 Å². The second-order valence-electron chi connectivity index (χ2n) is 4.94. The lowest BCUT2D eigenvalue weighted by Gasteiger charge is -2.07. The Hall–Kier alpha value is -2.53. The van der Waals surface area contributed by atoms with Crippen LogP contribution >= 0.6 is 0 Å². The van der Waals surface area contributed by atoms with Crippen molar-refractivity contribution in [3.8, 4) is 11.4 Å². The van der Waals surface area contributed by atoms with Crippen LogP contribution in [-0.2, 0) is 0 Å². The molecule has 0 bridgehead atoms. The molecule has 0 aliphatic rings. The average molecular weight is 282 g/mol. The molecule has 0 radical (unpaired) electrons. The molecule has 5 heteroatoms. The van der Waals surface area contributed by atoms with Crippen molar-refractivity contribution < 1.29 is 4.39 Å². The van der Waals surface area contributed by atoms with E-state index in [0.717, 1.165) is 16.7 Å². The van der Waals surface area contributed by atoms with Crippen LogP contribution < -0.4 is 5.73 Å². The SMILES string of the molecule is Cc1cccc(-c2n[nH]c([C@H](N)c3ccc(F)cc3)n2)c1. The Kier molecular flexibility index (Phi) is 3.50. The van der Waals surface area contributed by atoms with Gasteiger partial charge in [0.25, 0.3) is 0 Å². The molecule has 0 spiro atoms. The largest absolute Gasteiger partial charge is 0.318 e. The Bertz CT molecular complexity index is 749. The summed E-state index contributed by atoms with van der Waals surface area (Å²) in [6, 6.07) is 13.5. The smallest absolute Gasteiger partial charge is 0.181 e. The third-order valence-corrected chi connectivity index (χ3v) is 3.30. The van der Waals surface area contributed by atoms with E-state index >= 15 is 0 Å². The van der Waals surface area contributed by atoms with Crippen molar-refractivity contribution in [2.45, 2.75) is 13.0 Å². The highest BCUT2D eigenvalue weighted by Crippen LogP contribution is 2.20. The second kappa shape index (κ2) is 5.46. The van der Waals surface area contributed by atoms with E-state index in [1.807, 2.05) is 31.2 Å². The molecule has 0 saturated carbocycles. The van der Waals surface area contributed by atoms with Gasteiger partial charge in [-0.05, 0) is 30.7 Å². The first-order valence-electron chi connectivity index (χ1n) is 6.64. The Labute approximate surface area is 121 Å². The summed E-state index contributed by atoms with van der Waals surface area (Å²) in [6.07, 6.45) is 0. The highest BCUT2D eigenvalue weighted by atomic mass is 19.1. The number of nitrogens with two attached hydrogens (primary N) is 1. The molecule has 2 aromatic carbocycles. The summed E-state index contributed by atoms with van der Waals surface area (Å²) in [5.41, 5.74) is 8.99. The fourth-order valence-corrected chi connectivity index (χ4v) is 2.15. The van der Waals surface area contributed by atoms with Crippen molar-refractivity contribution in [3.63, 3.8) is 0 Å². The van der Waals surface area contributed by atoms with Gasteiger partial charge in [-0.2, -0.15) is 5.10 Å². The topological polar surface area (TPSA) is 67.6 Å². The molecular weight excluding hydrogens is 267 g/mol. The van der Waals surface area contributed by atoms with Crippen LogP contribution in [0.25, 0.3) is 11.4 Å². The van der Waals surface area contributed by atoms with E-state index in [1.54, 1.807) is 12.1 Å². The number of rotatable bonds is 3. The number of halogens is 1. The monoisotopic (exact) mass is 282 g/mol. The molecule has 0 saturated heterocycles.